The molecule has 136 valence electrons. The molecule has 2 rings (SSSR count). The lowest BCUT2D eigenvalue weighted by molar-refractivity contribution is -0.385. The molecular weight excluding hydrogens is 406 g/mol. The molecule has 0 saturated heterocycles. The van der Waals surface area contributed by atoms with Crippen molar-refractivity contribution in [3.05, 3.63) is 62.1 Å². The van der Waals surface area contributed by atoms with E-state index in [1.807, 2.05) is 0 Å². The maximum absolute atomic E-state index is 12.0. The minimum absolute atomic E-state index is 0.104. The van der Waals surface area contributed by atoms with Gasteiger partial charge < -0.3 is 9.47 Å². The van der Waals surface area contributed by atoms with E-state index in [9.17, 15) is 14.9 Å². The van der Waals surface area contributed by atoms with Crippen LogP contribution < -0.4 is 14.9 Å². The summed E-state index contributed by atoms with van der Waals surface area (Å²) in [6.45, 7) is 0. The van der Waals surface area contributed by atoms with Crippen molar-refractivity contribution in [3.8, 4) is 11.5 Å². The van der Waals surface area contributed by atoms with Gasteiger partial charge in [0.25, 0.3) is 5.69 Å². The first-order chi connectivity index (χ1) is 12.5. The summed E-state index contributed by atoms with van der Waals surface area (Å²) in [4.78, 5) is 22.4. The van der Waals surface area contributed by atoms with Gasteiger partial charge in [0.15, 0.2) is 0 Å². The third-order valence-electron chi connectivity index (χ3n) is 3.44. The predicted molar refractivity (Wildman–Crippen MR) is 99.8 cm³/mol. The van der Waals surface area contributed by atoms with E-state index in [0.29, 0.717) is 27.1 Å². The minimum Gasteiger partial charge on any atom is -0.496 e. The Morgan fingerprint density at radius 3 is 2.62 bits per heavy atom. The highest BCUT2D eigenvalue weighted by atomic mass is 79.9. The van der Waals surface area contributed by atoms with Crippen LogP contribution in [-0.4, -0.2) is 31.3 Å². The summed E-state index contributed by atoms with van der Waals surface area (Å²) in [5.74, 6) is 0.642. The maximum atomic E-state index is 12.0. The Bertz CT molecular complexity index is 854. The molecule has 1 amide bonds. The van der Waals surface area contributed by atoms with Gasteiger partial charge in [0.05, 0.1) is 36.3 Å². The molecule has 2 aromatic rings. The number of carbonyl (C=O) groups is 1. The lowest BCUT2D eigenvalue weighted by atomic mass is 10.1. The third-order valence-corrected chi connectivity index (χ3v) is 4.06. The number of carbonyl (C=O) groups excluding carboxylic acids is 1. The van der Waals surface area contributed by atoms with Crippen molar-refractivity contribution in [2.75, 3.05) is 14.2 Å². The van der Waals surface area contributed by atoms with Gasteiger partial charge in [0.1, 0.15) is 11.5 Å². The van der Waals surface area contributed by atoms with Gasteiger partial charge in [-0.2, -0.15) is 5.10 Å². The van der Waals surface area contributed by atoms with Crippen LogP contribution in [0.2, 0.25) is 0 Å². The van der Waals surface area contributed by atoms with E-state index >= 15 is 0 Å². The monoisotopic (exact) mass is 421 g/mol. The number of rotatable bonds is 7. The van der Waals surface area contributed by atoms with Crippen LogP contribution in [-0.2, 0) is 11.2 Å². The molecule has 9 heteroatoms. The summed E-state index contributed by atoms with van der Waals surface area (Å²) < 4.78 is 11.1. The molecular formula is C17H16BrN3O5. The molecule has 0 fully saturated rings. The standard InChI is InChI=1S/C17H16BrN3O5/c1-25-15-9-16(26-2)13(18)7-12(15)10-19-20-17(22)8-11-5-3-4-6-14(11)21(23)24/h3-7,9-10H,8H2,1-2H3,(H,20,22)/b19-10+. The van der Waals surface area contributed by atoms with Crippen molar-refractivity contribution in [2.24, 2.45) is 5.10 Å². The summed E-state index contributed by atoms with van der Waals surface area (Å²) in [6.07, 6.45) is 1.26. The van der Waals surface area contributed by atoms with Gasteiger partial charge in [-0.25, -0.2) is 5.43 Å². The van der Waals surface area contributed by atoms with Gasteiger partial charge in [0, 0.05) is 23.3 Å². The third kappa shape index (κ3) is 4.79. The van der Waals surface area contributed by atoms with E-state index in [4.69, 9.17) is 9.47 Å². The molecule has 0 unspecified atom stereocenters. The van der Waals surface area contributed by atoms with E-state index in [0.717, 1.165) is 0 Å². The largest absolute Gasteiger partial charge is 0.496 e. The number of hydrogen-bond acceptors (Lipinski definition) is 6. The molecule has 2 aromatic carbocycles. The lowest BCUT2D eigenvalue weighted by Crippen LogP contribution is -2.20. The molecule has 0 bridgehead atoms. The first-order valence-electron chi connectivity index (χ1n) is 7.42. The number of hydrogen-bond donors (Lipinski definition) is 1. The average molecular weight is 422 g/mol. The number of nitrogens with zero attached hydrogens (tertiary/aromatic N) is 2. The van der Waals surface area contributed by atoms with Crippen molar-refractivity contribution in [1.82, 2.24) is 5.43 Å². The number of para-hydroxylation sites is 1. The number of ether oxygens (including phenoxy) is 2. The van der Waals surface area contributed by atoms with Crippen LogP contribution in [0.5, 0.6) is 11.5 Å². The summed E-state index contributed by atoms with van der Waals surface area (Å²) in [5, 5.41) is 14.9. The van der Waals surface area contributed by atoms with E-state index in [-0.39, 0.29) is 12.1 Å². The Labute approximate surface area is 158 Å². The molecule has 0 aliphatic heterocycles. The van der Waals surface area contributed by atoms with E-state index < -0.39 is 10.8 Å². The van der Waals surface area contributed by atoms with Gasteiger partial charge in [-0.05, 0) is 22.0 Å². The SMILES string of the molecule is COc1cc(OC)c(/C=N/NC(=O)Cc2ccccc2[N+](=O)[O-])cc1Br. The molecule has 0 atom stereocenters. The van der Waals surface area contributed by atoms with Crippen LogP contribution in [0.3, 0.4) is 0 Å². The van der Waals surface area contributed by atoms with Crippen molar-refractivity contribution in [1.29, 1.82) is 0 Å². The molecule has 26 heavy (non-hydrogen) atoms. The number of nitrogens with one attached hydrogen (secondary N) is 1. The highest BCUT2D eigenvalue weighted by Crippen LogP contribution is 2.31. The van der Waals surface area contributed by atoms with Gasteiger partial charge >= 0.3 is 0 Å². The summed E-state index contributed by atoms with van der Waals surface area (Å²) >= 11 is 3.36. The lowest BCUT2D eigenvalue weighted by Gasteiger charge is -2.09. The Balaban J connectivity index is 2.08. The average Bonchev–Trinajstić information content (AvgIpc) is 2.62. The molecule has 0 aliphatic carbocycles. The van der Waals surface area contributed by atoms with Crippen LogP contribution >= 0.6 is 15.9 Å². The molecule has 0 aromatic heterocycles. The Hall–Kier alpha value is -2.94. The molecule has 0 saturated carbocycles. The van der Waals surface area contributed by atoms with Crippen LogP contribution in [0.25, 0.3) is 0 Å². The summed E-state index contributed by atoms with van der Waals surface area (Å²) in [5.41, 5.74) is 3.18. The fourth-order valence-electron chi connectivity index (χ4n) is 2.21. The van der Waals surface area contributed by atoms with Crippen molar-refractivity contribution < 1.29 is 19.2 Å². The van der Waals surface area contributed by atoms with Crippen molar-refractivity contribution in [3.63, 3.8) is 0 Å². The number of nitro benzene ring substituents is 1. The number of nitro groups is 1. The van der Waals surface area contributed by atoms with Gasteiger partial charge in [-0.1, -0.05) is 18.2 Å². The molecule has 0 heterocycles. The predicted octanol–water partition coefficient (Wildman–Crippen LogP) is 3.07. The Morgan fingerprint density at radius 2 is 1.96 bits per heavy atom. The van der Waals surface area contributed by atoms with Crippen molar-refractivity contribution >= 4 is 33.7 Å². The first kappa shape index (κ1) is 19.4. The van der Waals surface area contributed by atoms with Gasteiger partial charge in [0.2, 0.25) is 5.91 Å². The first-order valence-corrected chi connectivity index (χ1v) is 8.21. The zero-order chi connectivity index (χ0) is 19.1. The van der Waals surface area contributed by atoms with Gasteiger partial charge in [-0.3, -0.25) is 14.9 Å². The molecule has 0 spiro atoms. The minimum atomic E-state index is -0.522. The second kappa shape index (κ2) is 8.95. The normalized spacial score (nSPS) is 10.6. The van der Waals surface area contributed by atoms with Crippen molar-refractivity contribution in [2.45, 2.75) is 6.42 Å². The Morgan fingerprint density at radius 1 is 1.27 bits per heavy atom. The van der Waals surface area contributed by atoms with E-state index in [2.05, 4.69) is 26.5 Å². The zero-order valence-electron chi connectivity index (χ0n) is 14.1. The van der Waals surface area contributed by atoms with E-state index in [1.54, 1.807) is 24.3 Å². The fraction of sp³-hybridized carbons (Fsp3) is 0.176. The summed E-state index contributed by atoms with van der Waals surface area (Å²) in [7, 11) is 3.05. The number of halogens is 1. The number of methoxy groups -OCH3 is 2. The maximum Gasteiger partial charge on any atom is 0.273 e. The number of benzene rings is 2. The molecule has 0 radical (unpaired) electrons. The second-order valence-corrected chi connectivity index (χ2v) is 5.94. The Kier molecular flexibility index (Phi) is 6.67. The molecule has 8 nitrogen and oxygen atoms in total. The topological polar surface area (TPSA) is 103 Å². The van der Waals surface area contributed by atoms with Crippen LogP contribution in [0.1, 0.15) is 11.1 Å². The van der Waals surface area contributed by atoms with E-state index in [1.165, 1.54) is 32.6 Å². The van der Waals surface area contributed by atoms with Gasteiger partial charge in [-0.15, -0.1) is 0 Å². The quantitative estimate of drug-likeness (QED) is 0.420. The molecule has 1 N–H and O–H groups in total. The van der Waals surface area contributed by atoms with Crippen LogP contribution in [0.15, 0.2) is 46.0 Å². The molecule has 0 aliphatic rings. The zero-order valence-corrected chi connectivity index (χ0v) is 15.6. The smallest absolute Gasteiger partial charge is 0.273 e. The number of hydrazone groups is 1. The highest BCUT2D eigenvalue weighted by Gasteiger charge is 2.15. The van der Waals surface area contributed by atoms with Crippen LogP contribution in [0, 0.1) is 10.1 Å². The highest BCUT2D eigenvalue weighted by molar-refractivity contribution is 9.10. The second-order valence-electron chi connectivity index (χ2n) is 5.08. The number of amides is 1. The summed E-state index contributed by atoms with van der Waals surface area (Å²) in [6, 6.07) is 9.48. The van der Waals surface area contributed by atoms with Crippen LogP contribution in [0.4, 0.5) is 5.69 Å². The fourth-order valence-corrected chi connectivity index (χ4v) is 2.73.